The highest BCUT2D eigenvalue weighted by atomic mass is 16.5. The molecule has 0 unspecified atom stereocenters. The third-order valence-corrected chi connectivity index (χ3v) is 1.04. The molecular weight excluding hydrogens is 104 g/mol. The second-order valence-electron chi connectivity index (χ2n) is 1.66. The molecule has 0 bridgehead atoms. The summed E-state index contributed by atoms with van der Waals surface area (Å²) in [4.78, 5) is 0. The van der Waals surface area contributed by atoms with Gasteiger partial charge in [-0.3, -0.25) is 5.01 Å². The summed E-state index contributed by atoms with van der Waals surface area (Å²) in [5, 5.41) is 5.73. The molecule has 0 saturated carbocycles. The smallest absolute Gasteiger partial charge is 0.207 e. The summed E-state index contributed by atoms with van der Waals surface area (Å²) in [5.41, 5.74) is 0. The molecule has 1 heterocycles. The van der Waals surface area contributed by atoms with Gasteiger partial charge in [0.2, 0.25) is 5.90 Å². The number of nitrogens with zero attached hydrogens (tertiary/aromatic N) is 2. The van der Waals surface area contributed by atoms with Gasteiger partial charge in [0.1, 0.15) is 0 Å². The highest BCUT2D eigenvalue weighted by molar-refractivity contribution is 5.78. The second kappa shape index (κ2) is 2.03. The Balaban J connectivity index is 2.44. The molecule has 0 N–H and O–H groups in total. The van der Waals surface area contributed by atoms with Crippen LogP contribution in [0.5, 0.6) is 0 Å². The van der Waals surface area contributed by atoms with E-state index in [1.807, 2.05) is 13.6 Å². The van der Waals surface area contributed by atoms with E-state index < -0.39 is 0 Å². The summed E-state index contributed by atoms with van der Waals surface area (Å²) in [6.45, 7) is 1.96. The number of methoxy groups -OCH3 is 1. The van der Waals surface area contributed by atoms with Crippen LogP contribution < -0.4 is 0 Å². The van der Waals surface area contributed by atoms with Crippen LogP contribution in [0.2, 0.25) is 0 Å². The molecule has 0 aromatic carbocycles. The molecule has 1 rings (SSSR count). The predicted molar refractivity (Wildman–Crippen MR) is 31.1 cm³/mol. The highest BCUT2D eigenvalue weighted by Gasteiger charge is 2.09. The quantitative estimate of drug-likeness (QED) is 0.455. The second-order valence-corrected chi connectivity index (χ2v) is 1.66. The molecule has 1 radical (unpaired) electrons. The van der Waals surface area contributed by atoms with Crippen molar-refractivity contribution in [2.75, 3.05) is 14.2 Å². The predicted octanol–water partition coefficient (Wildman–Crippen LogP) is 0.444. The first-order valence-electron chi connectivity index (χ1n) is 2.50. The van der Waals surface area contributed by atoms with Crippen molar-refractivity contribution < 1.29 is 4.74 Å². The minimum absolute atomic E-state index is 0.785. The lowest BCUT2D eigenvalue weighted by Gasteiger charge is -1.98. The van der Waals surface area contributed by atoms with Crippen molar-refractivity contribution >= 4 is 5.90 Å². The van der Waals surface area contributed by atoms with Gasteiger partial charge in [-0.1, -0.05) is 0 Å². The Kier molecular flexibility index (Phi) is 1.37. The Bertz CT molecular complexity index is 111. The standard InChI is InChI=1S/C5H9N2O/c1-7-4-3-5(6-7)8-2/h4H,3H2,1-2H3. The van der Waals surface area contributed by atoms with Gasteiger partial charge >= 0.3 is 0 Å². The van der Waals surface area contributed by atoms with Crippen molar-refractivity contribution in [3.63, 3.8) is 0 Å². The summed E-state index contributed by atoms with van der Waals surface area (Å²) in [6, 6.07) is 0. The van der Waals surface area contributed by atoms with E-state index in [4.69, 9.17) is 4.74 Å². The van der Waals surface area contributed by atoms with Crippen molar-refractivity contribution in [1.82, 2.24) is 5.01 Å². The molecule has 0 spiro atoms. The maximum atomic E-state index is 4.86. The molecule has 0 atom stereocenters. The number of hydrogen-bond donors (Lipinski definition) is 0. The van der Waals surface area contributed by atoms with Crippen molar-refractivity contribution in [3.05, 3.63) is 6.54 Å². The third kappa shape index (κ3) is 0.911. The monoisotopic (exact) mass is 113 g/mol. The van der Waals surface area contributed by atoms with Crippen molar-refractivity contribution in [2.24, 2.45) is 5.10 Å². The largest absolute Gasteiger partial charge is 0.483 e. The maximum absolute atomic E-state index is 4.86. The zero-order valence-electron chi connectivity index (χ0n) is 5.09. The normalized spacial score (nSPS) is 18.8. The molecule has 3 heteroatoms. The van der Waals surface area contributed by atoms with E-state index >= 15 is 0 Å². The lowest BCUT2D eigenvalue weighted by molar-refractivity contribution is 0.387. The van der Waals surface area contributed by atoms with Crippen LogP contribution in [-0.4, -0.2) is 25.1 Å². The van der Waals surface area contributed by atoms with E-state index in [9.17, 15) is 0 Å². The first-order valence-corrected chi connectivity index (χ1v) is 2.50. The number of rotatable bonds is 0. The highest BCUT2D eigenvalue weighted by Crippen LogP contribution is 2.06. The van der Waals surface area contributed by atoms with E-state index in [0.717, 1.165) is 12.3 Å². The molecule has 0 fully saturated rings. The van der Waals surface area contributed by atoms with E-state index in [1.165, 1.54) is 0 Å². The van der Waals surface area contributed by atoms with Crippen LogP contribution in [0.15, 0.2) is 5.10 Å². The van der Waals surface area contributed by atoms with Gasteiger partial charge in [-0.15, -0.1) is 5.10 Å². The fourth-order valence-corrected chi connectivity index (χ4v) is 0.592. The van der Waals surface area contributed by atoms with Crippen LogP contribution in [0, 0.1) is 6.54 Å². The zero-order chi connectivity index (χ0) is 5.98. The van der Waals surface area contributed by atoms with Crippen molar-refractivity contribution in [3.8, 4) is 0 Å². The van der Waals surface area contributed by atoms with Gasteiger partial charge in [0.15, 0.2) is 0 Å². The lowest BCUT2D eigenvalue weighted by atomic mass is 10.4. The molecule has 1 aliphatic rings. The Morgan fingerprint density at radius 2 is 2.62 bits per heavy atom. The molecule has 0 aromatic heterocycles. The fraction of sp³-hybridized carbons (Fsp3) is 0.600. The van der Waals surface area contributed by atoms with Gasteiger partial charge in [-0.05, 0) is 0 Å². The van der Waals surface area contributed by atoms with Crippen LogP contribution in [0.3, 0.4) is 0 Å². The first-order chi connectivity index (χ1) is 3.83. The summed E-state index contributed by atoms with van der Waals surface area (Å²) in [7, 11) is 3.51. The average molecular weight is 113 g/mol. The lowest BCUT2D eigenvalue weighted by Crippen LogP contribution is -1.98. The molecular formula is C5H9N2O. The molecule has 3 nitrogen and oxygen atoms in total. The van der Waals surface area contributed by atoms with Crippen LogP contribution >= 0.6 is 0 Å². The van der Waals surface area contributed by atoms with Gasteiger partial charge in [0, 0.05) is 13.5 Å². The Hall–Kier alpha value is -0.730. The Labute approximate surface area is 48.9 Å². The Morgan fingerprint density at radius 3 is 2.88 bits per heavy atom. The minimum Gasteiger partial charge on any atom is -0.483 e. The van der Waals surface area contributed by atoms with Gasteiger partial charge in [-0.25, -0.2) is 0 Å². The average Bonchev–Trinajstić information content (AvgIpc) is 2.14. The van der Waals surface area contributed by atoms with Crippen LogP contribution in [-0.2, 0) is 4.74 Å². The number of ether oxygens (including phenoxy) is 1. The third-order valence-electron chi connectivity index (χ3n) is 1.04. The van der Waals surface area contributed by atoms with Crippen molar-refractivity contribution in [2.45, 2.75) is 6.42 Å². The topological polar surface area (TPSA) is 24.8 Å². The van der Waals surface area contributed by atoms with Crippen LogP contribution in [0.4, 0.5) is 0 Å². The summed E-state index contributed by atoms with van der Waals surface area (Å²) in [6.07, 6.45) is 0.826. The molecule has 0 amide bonds. The molecule has 0 saturated heterocycles. The van der Waals surface area contributed by atoms with Crippen molar-refractivity contribution in [1.29, 1.82) is 0 Å². The van der Waals surface area contributed by atoms with E-state index in [1.54, 1.807) is 12.1 Å². The van der Waals surface area contributed by atoms with E-state index in [-0.39, 0.29) is 0 Å². The molecule has 45 valence electrons. The SMILES string of the molecule is COC1=NN(C)[CH]C1. The summed E-state index contributed by atoms with van der Waals surface area (Å²) >= 11 is 0. The molecule has 1 aliphatic heterocycles. The van der Waals surface area contributed by atoms with Gasteiger partial charge in [0.25, 0.3) is 0 Å². The molecule has 0 aliphatic carbocycles. The van der Waals surface area contributed by atoms with E-state index in [0.29, 0.717) is 0 Å². The van der Waals surface area contributed by atoms with Gasteiger partial charge in [0.05, 0.1) is 13.7 Å². The minimum atomic E-state index is 0.785. The van der Waals surface area contributed by atoms with Gasteiger partial charge < -0.3 is 4.74 Å². The number of hydrogen-bond acceptors (Lipinski definition) is 3. The summed E-state index contributed by atoms with van der Waals surface area (Å²) in [5.74, 6) is 0.785. The maximum Gasteiger partial charge on any atom is 0.207 e. The molecule has 8 heavy (non-hydrogen) atoms. The number of hydrazone groups is 1. The van der Waals surface area contributed by atoms with Crippen LogP contribution in [0.1, 0.15) is 6.42 Å². The fourth-order valence-electron chi connectivity index (χ4n) is 0.592. The molecule has 0 aromatic rings. The zero-order valence-corrected chi connectivity index (χ0v) is 5.09. The van der Waals surface area contributed by atoms with Crippen LogP contribution in [0.25, 0.3) is 0 Å². The Morgan fingerprint density at radius 1 is 1.88 bits per heavy atom. The van der Waals surface area contributed by atoms with Gasteiger partial charge in [-0.2, -0.15) is 0 Å². The van der Waals surface area contributed by atoms with E-state index in [2.05, 4.69) is 5.10 Å². The summed E-state index contributed by atoms with van der Waals surface area (Å²) < 4.78 is 4.86. The first kappa shape index (κ1) is 5.41.